The zero-order chi connectivity index (χ0) is 22.0. The number of ether oxygens (including phenoxy) is 2. The second-order valence-electron chi connectivity index (χ2n) is 8.06. The topological polar surface area (TPSA) is 41.9 Å². The van der Waals surface area contributed by atoms with Crippen LogP contribution in [0.1, 0.15) is 16.7 Å². The molecule has 0 aliphatic carbocycles. The molecule has 31 heavy (non-hydrogen) atoms. The molecule has 4 rings (SSSR count). The Bertz CT molecular complexity index is 1080. The summed E-state index contributed by atoms with van der Waals surface area (Å²) in [5, 5.41) is 11.9. The highest BCUT2D eigenvalue weighted by Crippen LogP contribution is 2.43. The molecule has 0 spiro atoms. The van der Waals surface area contributed by atoms with Crippen molar-refractivity contribution in [3.8, 4) is 28.4 Å². The fourth-order valence-corrected chi connectivity index (χ4v) is 4.63. The molecule has 1 atom stereocenters. The predicted octanol–water partition coefficient (Wildman–Crippen LogP) is 5.37. The monoisotopic (exact) mass is 437 g/mol. The Kier molecular flexibility index (Phi) is 6.40. The number of halogens is 1. The third-order valence-corrected chi connectivity index (χ3v) is 6.63. The van der Waals surface area contributed by atoms with Gasteiger partial charge in [0.05, 0.1) is 14.2 Å². The van der Waals surface area contributed by atoms with E-state index in [9.17, 15) is 5.11 Å². The van der Waals surface area contributed by atoms with Crippen LogP contribution in [0.15, 0.2) is 54.6 Å². The summed E-state index contributed by atoms with van der Waals surface area (Å²) >= 11 is 6.48. The molecule has 162 valence electrons. The summed E-state index contributed by atoms with van der Waals surface area (Å²) in [6, 6.07) is 18.3. The molecule has 1 heterocycles. The maximum atomic E-state index is 11.1. The molecule has 3 aromatic carbocycles. The van der Waals surface area contributed by atoms with Crippen molar-refractivity contribution in [2.45, 2.75) is 25.3 Å². The third-order valence-electron chi connectivity index (χ3n) is 6.26. The van der Waals surface area contributed by atoms with Crippen LogP contribution < -0.4 is 9.47 Å². The average Bonchev–Trinajstić information content (AvgIpc) is 2.83. The van der Waals surface area contributed by atoms with Crippen LogP contribution in [0.25, 0.3) is 11.1 Å². The molecule has 0 bridgehead atoms. The van der Waals surface area contributed by atoms with Crippen molar-refractivity contribution in [2.24, 2.45) is 0 Å². The highest BCUT2D eigenvalue weighted by molar-refractivity contribution is 6.31. The molecule has 4 nitrogen and oxygen atoms in total. The minimum atomic E-state index is 0.176. The average molecular weight is 438 g/mol. The third kappa shape index (κ3) is 4.36. The summed E-state index contributed by atoms with van der Waals surface area (Å²) in [6.45, 7) is 0.903. The van der Waals surface area contributed by atoms with Crippen LogP contribution in [0.5, 0.6) is 17.2 Å². The molecular weight excluding hydrogens is 410 g/mol. The lowest BCUT2D eigenvalue weighted by Crippen LogP contribution is -2.36. The van der Waals surface area contributed by atoms with Gasteiger partial charge in [-0.15, -0.1) is 0 Å². The maximum Gasteiger partial charge on any atom is 0.165 e. The number of rotatable bonds is 4. The molecule has 0 amide bonds. The van der Waals surface area contributed by atoms with Crippen LogP contribution in [0.2, 0.25) is 5.02 Å². The lowest BCUT2D eigenvalue weighted by atomic mass is 9.89. The second kappa shape index (κ2) is 9.21. The normalized spacial score (nSPS) is 16.5. The minimum absolute atomic E-state index is 0.176. The number of nitrogens with zero attached hydrogens (tertiary/aromatic N) is 1. The standard InChI is InChI=1S/C26H28ClNO3/c1-28-13-12-17-8-10-21(30-2)16-22(17)25-19(9-11-24(31-3)26(25)29)15-20(28)14-18-6-4-5-7-23(18)27/h4-11,16,20,29H,12-15H2,1-3H3. The molecule has 0 aromatic heterocycles. The maximum absolute atomic E-state index is 11.1. The number of likely N-dealkylation sites (N-methyl/N-ethyl adjacent to an activating group) is 1. The van der Waals surface area contributed by atoms with E-state index in [1.807, 2.05) is 36.4 Å². The Hall–Kier alpha value is -2.69. The van der Waals surface area contributed by atoms with E-state index in [2.05, 4.69) is 30.1 Å². The van der Waals surface area contributed by atoms with Crippen molar-refractivity contribution in [3.63, 3.8) is 0 Å². The summed E-state index contributed by atoms with van der Waals surface area (Å²) in [5.74, 6) is 1.42. The van der Waals surface area contributed by atoms with Gasteiger partial charge in [-0.3, -0.25) is 0 Å². The van der Waals surface area contributed by atoms with Crippen molar-refractivity contribution in [1.29, 1.82) is 0 Å². The molecule has 0 fully saturated rings. The molecule has 0 saturated carbocycles. The minimum Gasteiger partial charge on any atom is -0.504 e. The SMILES string of the molecule is COc1ccc2c(c1)-c1c(ccc(OC)c1O)CC(Cc1ccccc1Cl)N(C)CC2. The first-order valence-electron chi connectivity index (χ1n) is 10.5. The highest BCUT2D eigenvalue weighted by Gasteiger charge is 2.25. The van der Waals surface area contributed by atoms with Crippen LogP contribution in [-0.2, 0) is 19.3 Å². The fraction of sp³-hybridized carbons (Fsp3) is 0.308. The van der Waals surface area contributed by atoms with Crippen LogP contribution in [0.3, 0.4) is 0 Å². The van der Waals surface area contributed by atoms with Crippen LogP contribution >= 0.6 is 11.6 Å². The second-order valence-corrected chi connectivity index (χ2v) is 8.46. The number of hydrogen-bond acceptors (Lipinski definition) is 4. The van der Waals surface area contributed by atoms with Crippen molar-refractivity contribution >= 4 is 11.6 Å². The zero-order valence-electron chi connectivity index (χ0n) is 18.2. The van der Waals surface area contributed by atoms with Crippen molar-refractivity contribution < 1.29 is 14.6 Å². The lowest BCUT2D eigenvalue weighted by molar-refractivity contribution is 0.242. The van der Waals surface area contributed by atoms with E-state index < -0.39 is 0 Å². The first-order chi connectivity index (χ1) is 15.0. The molecule has 1 N–H and O–H groups in total. The fourth-order valence-electron chi connectivity index (χ4n) is 4.42. The van der Waals surface area contributed by atoms with E-state index in [0.29, 0.717) is 5.75 Å². The Morgan fingerprint density at radius 2 is 1.81 bits per heavy atom. The molecule has 0 radical (unpaired) electrons. The number of phenolic OH excluding ortho intramolecular Hbond substituents is 1. The van der Waals surface area contributed by atoms with E-state index >= 15 is 0 Å². The first-order valence-corrected chi connectivity index (χ1v) is 10.9. The number of aromatic hydroxyl groups is 1. The molecule has 3 aromatic rings. The van der Waals surface area contributed by atoms with Crippen LogP contribution in [0.4, 0.5) is 0 Å². The van der Waals surface area contributed by atoms with Gasteiger partial charge in [-0.25, -0.2) is 0 Å². The van der Waals surface area contributed by atoms with Gasteiger partial charge in [0.2, 0.25) is 0 Å². The van der Waals surface area contributed by atoms with E-state index in [0.717, 1.165) is 58.8 Å². The van der Waals surface area contributed by atoms with Crippen LogP contribution in [-0.4, -0.2) is 43.9 Å². The van der Waals surface area contributed by atoms with Gasteiger partial charge < -0.3 is 19.5 Å². The van der Waals surface area contributed by atoms with E-state index in [1.165, 1.54) is 5.56 Å². The summed E-state index contributed by atoms with van der Waals surface area (Å²) in [6.07, 6.45) is 2.48. The first kappa shape index (κ1) is 21.5. The molecule has 1 unspecified atom stereocenters. The quantitative estimate of drug-likeness (QED) is 0.595. The van der Waals surface area contributed by atoms with Crippen molar-refractivity contribution in [3.05, 3.63) is 76.3 Å². The molecule has 5 heteroatoms. The van der Waals surface area contributed by atoms with E-state index in [4.69, 9.17) is 21.1 Å². The number of fused-ring (bicyclic) bond motifs is 3. The lowest BCUT2D eigenvalue weighted by Gasteiger charge is -2.28. The summed E-state index contributed by atoms with van der Waals surface area (Å²) in [5.41, 5.74) is 5.22. The smallest absolute Gasteiger partial charge is 0.165 e. The summed E-state index contributed by atoms with van der Waals surface area (Å²) in [7, 11) is 5.41. The molecule has 1 aliphatic rings. The van der Waals surface area contributed by atoms with Gasteiger partial charge in [-0.2, -0.15) is 0 Å². The Balaban J connectivity index is 1.84. The van der Waals surface area contributed by atoms with Crippen molar-refractivity contribution in [2.75, 3.05) is 27.8 Å². The molecule has 1 aliphatic heterocycles. The number of phenols is 1. The largest absolute Gasteiger partial charge is 0.504 e. The molecule has 0 saturated heterocycles. The van der Waals surface area contributed by atoms with Gasteiger partial charge in [0.15, 0.2) is 11.5 Å². The van der Waals surface area contributed by atoms with Gasteiger partial charge in [0, 0.05) is 23.2 Å². The van der Waals surface area contributed by atoms with Gasteiger partial charge in [0.1, 0.15) is 5.75 Å². The summed E-state index contributed by atoms with van der Waals surface area (Å²) in [4.78, 5) is 2.40. The molecular formula is C26H28ClNO3. The van der Waals surface area contributed by atoms with E-state index in [1.54, 1.807) is 14.2 Å². The van der Waals surface area contributed by atoms with Crippen LogP contribution in [0, 0.1) is 0 Å². The van der Waals surface area contributed by atoms with E-state index in [-0.39, 0.29) is 11.8 Å². The number of benzene rings is 3. The van der Waals surface area contributed by atoms with Gasteiger partial charge in [0.25, 0.3) is 0 Å². The van der Waals surface area contributed by atoms with Gasteiger partial charge >= 0.3 is 0 Å². The number of methoxy groups -OCH3 is 2. The highest BCUT2D eigenvalue weighted by atomic mass is 35.5. The predicted molar refractivity (Wildman–Crippen MR) is 126 cm³/mol. The van der Waals surface area contributed by atoms with Gasteiger partial charge in [-0.05, 0) is 72.8 Å². The van der Waals surface area contributed by atoms with Crippen molar-refractivity contribution in [1.82, 2.24) is 4.90 Å². The number of hydrogen-bond donors (Lipinski definition) is 1. The van der Waals surface area contributed by atoms with Gasteiger partial charge in [-0.1, -0.05) is 41.9 Å². The summed E-state index contributed by atoms with van der Waals surface area (Å²) < 4.78 is 10.9. The zero-order valence-corrected chi connectivity index (χ0v) is 18.9. The Morgan fingerprint density at radius 1 is 1.03 bits per heavy atom. The Labute approximate surface area is 189 Å². The Morgan fingerprint density at radius 3 is 2.55 bits per heavy atom.